The largest absolute Gasteiger partial charge is 0.481 e. The van der Waals surface area contributed by atoms with Gasteiger partial charge in [0.1, 0.15) is 5.75 Å². The van der Waals surface area contributed by atoms with Crippen LogP contribution in [0, 0.1) is 0 Å². The average Bonchev–Trinajstić information content (AvgIpc) is 2.62. The number of amides is 1. The molecule has 7 heteroatoms. The summed E-state index contributed by atoms with van der Waals surface area (Å²) in [6.45, 7) is 5.36. The van der Waals surface area contributed by atoms with Gasteiger partial charge in [-0.3, -0.25) is 4.79 Å². The van der Waals surface area contributed by atoms with Gasteiger partial charge in [0.2, 0.25) is 10.0 Å². The second-order valence-corrected chi connectivity index (χ2v) is 7.73. The molecule has 0 saturated carbocycles. The highest BCUT2D eigenvalue weighted by Crippen LogP contribution is 2.16. The first kappa shape index (κ1) is 19.9. The van der Waals surface area contributed by atoms with Crippen molar-refractivity contribution in [1.29, 1.82) is 0 Å². The van der Waals surface area contributed by atoms with Crippen LogP contribution in [0.5, 0.6) is 5.75 Å². The van der Waals surface area contributed by atoms with Crippen molar-refractivity contribution >= 4 is 21.6 Å². The van der Waals surface area contributed by atoms with E-state index in [1.54, 1.807) is 38.1 Å². The number of anilines is 1. The second kappa shape index (κ2) is 8.82. The van der Waals surface area contributed by atoms with E-state index in [1.807, 2.05) is 25.1 Å². The van der Waals surface area contributed by atoms with E-state index in [0.29, 0.717) is 17.9 Å². The van der Waals surface area contributed by atoms with Gasteiger partial charge in [-0.15, -0.1) is 0 Å². The molecule has 0 unspecified atom stereocenters. The molecule has 0 aromatic heterocycles. The average molecular weight is 376 g/mol. The third-order valence-electron chi connectivity index (χ3n) is 3.83. The van der Waals surface area contributed by atoms with E-state index in [-0.39, 0.29) is 16.8 Å². The number of para-hydroxylation sites is 1. The molecule has 0 bridgehead atoms. The van der Waals surface area contributed by atoms with Crippen molar-refractivity contribution in [2.24, 2.45) is 0 Å². The topological polar surface area (TPSA) is 84.5 Å². The Labute approximate surface area is 154 Å². The van der Waals surface area contributed by atoms with Gasteiger partial charge in [-0.25, -0.2) is 13.1 Å². The van der Waals surface area contributed by atoms with E-state index >= 15 is 0 Å². The lowest BCUT2D eigenvalue weighted by Crippen LogP contribution is -2.32. The summed E-state index contributed by atoms with van der Waals surface area (Å²) in [7, 11) is -3.56. The lowest BCUT2D eigenvalue weighted by Gasteiger charge is -2.15. The maximum absolute atomic E-state index is 12.2. The molecule has 140 valence electrons. The van der Waals surface area contributed by atoms with Gasteiger partial charge in [0.25, 0.3) is 5.91 Å². The Hall–Kier alpha value is -2.38. The quantitative estimate of drug-likeness (QED) is 0.741. The minimum absolute atomic E-state index is 0.143. The highest BCUT2D eigenvalue weighted by molar-refractivity contribution is 7.89. The summed E-state index contributed by atoms with van der Waals surface area (Å²) in [5.41, 5.74) is 0.501. The van der Waals surface area contributed by atoms with E-state index < -0.39 is 16.1 Å². The number of nitrogens with one attached hydrogen (secondary N) is 2. The van der Waals surface area contributed by atoms with Crippen LogP contribution in [0.4, 0.5) is 5.69 Å². The van der Waals surface area contributed by atoms with Crippen molar-refractivity contribution in [2.75, 3.05) is 5.32 Å². The van der Waals surface area contributed by atoms with E-state index in [0.717, 1.165) is 0 Å². The molecule has 26 heavy (non-hydrogen) atoms. The van der Waals surface area contributed by atoms with Gasteiger partial charge in [0, 0.05) is 11.7 Å². The summed E-state index contributed by atoms with van der Waals surface area (Å²) in [6, 6.07) is 14.9. The van der Waals surface area contributed by atoms with E-state index in [9.17, 15) is 13.2 Å². The second-order valence-electron chi connectivity index (χ2n) is 6.02. The fraction of sp³-hybridized carbons (Fsp3) is 0.316. The van der Waals surface area contributed by atoms with E-state index in [4.69, 9.17) is 4.74 Å². The summed E-state index contributed by atoms with van der Waals surface area (Å²) >= 11 is 0. The number of hydrogen-bond acceptors (Lipinski definition) is 4. The fourth-order valence-electron chi connectivity index (χ4n) is 2.13. The molecule has 1 amide bonds. The molecular formula is C19H24N2O4S. The van der Waals surface area contributed by atoms with Crippen LogP contribution in [0.3, 0.4) is 0 Å². The number of rotatable bonds is 8. The van der Waals surface area contributed by atoms with Gasteiger partial charge in [0.15, 0.2) is 6.10 Å². The zero-order valence-electron chi connectivity index (χ0n) is 15.1. The van der Waals surface area contributed by atoms with Crippen LogP contribution >= 0.6 is 0 Å². The van der Waals surface area contributed by atoms with Crippen LogP contribution in [0.15, 0.2) is 59.5 Å². The van der Waals surface area contributed by atoms with Gasteiger partial charge in [-0.1, -0.05) is 25.1 Å². The van der Waals surface area contributed by atoms with Crippen LogP contribution in [-0.4, -0.2) is 26.5 Å². The van der Waals surface area contributed by atoms with Crippen LogP contribution in [0.1, 0.15) is 27.2 Å². The minimum Gasteiger partial charge on any atom is -0.481 e. The fourth-order valence-corrected chi connectivity index (χ4v) is 3.46. The van der Waals surface area contributed by atoms with Gasteiger partial charge < -0.3 is 10.1 Å². The molecule has 2 rings (SSSR count). The first-order valence-corrected chi connectivity index (χ1v) is 9.95. The number of ether oxygens (including phenoxy) is 1. The minimum atomic E-state index is -3.56. The van der Waals surface area contributed by atoms with Crippen molar-refractivity contribution in [2.45, 2.75) is 44.2 Å². The summed E-state index contributed by atoms with van der Waals surface area (Å²) in [5, 5.41) is 2.71. The molecule has 2 atom stereocenters. The highest BCUT2D eigenvalue weighted by Gasteiger charge is 2.18. The Kier molecular flexibility index (Phi) is 6.76. The predicted octanol–water partition coefficient (Wildman–Crippen LogP) is 3.17. The summed E-state index contributed by atoms with van der Waals surface area (Å²) in [5.74, 6) is 0.287. The van der Waals surface area contributed by atoms with E-state index in [1.165, 1.54) is 12.1 Å². The van der Waals surface area contributed by atoms with Crippen LogP contribution in [0.25, 0.3) is 0 Å². The van der Waals surface area contributed by atoms with Crippen molar-refractivity contribution in [1.82, 2.24) is 4.72 Å². The zero-order chi connectivity index (χ0) is 19.2. The van der Waals surface area contributed by atoms with Gasteiger partial charge >= 0.3 is 0 Å². The third kappa shape index (κ3) is 5.57. The molecule has 6 nitrogen and oxygen atoms in total. The molecule has 0 heterocycles. The Bertz CT molecular complexity index is 820. The standard InChI is InChI=1S/C19H24N2O4S/c1-4-14(2)21-26(23,24)18-12-10-16(11-13-18)20-19(22)15(3)25-17-8-6-5-7-9-17/h5-15,21H,4H2,1-3H3,(H,20,22)/t14-,15+/m1/s1. The molecule has 0 radical (unpaired) electrons. The number of carbonyl (C=O) groups is 1. The molecular weight excluding hydrogens is 352 g/mol. The molecule has 0 saturated heterocycles. The number of carbonyl (C=O) groups excluding carboxylic acids is 1. The van der Waals surface area contributed by atoms with Gasteiger partial charge in [0.05, 0.1) is 4.90 Å². The Balaban J connectivity index is 1.99. The van der Waals surface area contributed by atoms with Gasteiger partial charge in [-0.05, 0) is 56.7 Å². The normalized spacial score (nSPS) is 13.7. The summed E-state index contributed by atoms with van der Waals surface area (Å²) in [4.78, 5) is 12.4. The van der Waals surface area contributed by atoms with Crippen molar-refractivity contribution < 1.29 is 17.9 Å². The molecule has 2 aromatic carbocycles. The van der Waals surface area contributed by atoms with Crippen molar-refractivity contribution in [3.05, 3.63) is 54.6 Å². The smallest absolute Gasteiger partial charge is 0.265 e. The Morgan fingerprint density at radius 3 is 2.23 bits per heavy atom. The molecule has 0 aliphatic heterocycles. The molecule has 0 fully saturated rings. The third-order valence-corrected chi connectivity index (χ3v) is 5.43. The van der Waals surface area contributed by atoms with Crippen LogP contribution < -0.4 is 14.8 Å². The number of hydrogen-bond donors (Lipinski definition) is 2. The number of sulfonamides is 1. The maximum Gasteiger partial charge on any atom is 0.265 e. The SMILES string of the molecule is CC[C@@H](C)NS(=O)(=O)c1ccc(NC(=O)[C@H](C)Oc2ccccc2)cc1. The zero-order valence-corrected chi connectivity index (χ0v) is 15.9. The van der Waals surface area contributed by atoms with Crippen LogP contribution in [-0.2, 0) is 14.8 Å². The molecule has 0 aliphatic carbocycles. The highest BCUT2D eigenvalue weighted by atomic mass is 32.2. The summed E-state index contributed by atoms with van der Waals surface area (Å²) in [6.07, 6.45) is 0.0139. The van der Waals surface area contributed by atoms with E-state index in [2.05, 4.69) is 10.0 Å². The first-order valence-electron chi connectivity index (χ1n) is 8.46. The lowest BCUT2D eigenvalue weighted by molar-refractivity contribution is -0.122. The molecule has 0 spiro atoms. The maximum atomic E-state index is 12.2. The molecule has 0 aliphatic rings. The van der Waals surface area contributed by atoms with Crippen molar-refractivity contribution in [3.8, 4) is 5.75 Å². The first-order chi connectivity index (χ1) is 12.3. The molecule has 2 N–H and O–H groups in total. The lowest BCUT2D eigenvalue weighted by atomic mass is 10.3. The molecule has 2 aromatic rings. The number of benzene rings is 2. The van der Waals surface area contributed by atoms with Crippen molar-refractivity contribution in [3.63, 3.8) is 0 Å². The van der Waals surface area contributed by atoms with Gasteiger partial charge in [-0.2, -0.15) is 0 Å². The Morgan fingerprint density at radius 1 is 1.04 bits per heavy atom. The Morgan fingerprint density at radius 2 is 1.65 bits per heavy atom. The summed E-state index contributed by atoms with van der Waals surface area (Å²) < 4.78 is 32.6. The van der Waals surface area contributed by atoms with Crippen LogP contribution in [0.2, 0.25) is 0 Å². The predicted molar refractivity (Wildman–Crippen MR) is 102 cm³/mol. The monoisotopic (exact) mass is 376 g/mol.